The lowest BCUT2D eigenvalue weighted by atomic mass is 9.73. The van der Waals surface area contributed by atoms with Crippen molar-refractivity contribution in [1.29, 1.82) is 0 Å². The molecule has 1 heterocycles. The van der Waals surface area contributed by atoms with Crippen LogP contribution in [0.5, 0.6) is 0 Å². The Kier molecular flexibility index (Phi) is 4.96. The van der Waals surface area contributed by atoms with Crippen LogP contribution in [0.2, 0.25) is 0 Å². The molecule has 1 atom stereocenters. The van der Waals surface area contributed by atoms with Gasteiger partial charge >= 0.3 is 0 Å². The summed E-state index contributed by atoms with van der Waals surface area (Å²) in [6.45, 7) is 8.72. The van der Waals surface area contributed by atoms with E-state index in [1.54, 1.807) is 0 Å². The van der Waals surface area contributed by atoms with Crippen molar-refractivity contribution in [2.45, 2.75) is 71.9 Å². The molecule has 20 heavy (non-hydrogen) atoms. The van der Waals surface area contributed by atoms with Crippen molar-refractivity contribution in [2.24, 2.45) is 11.3 Å². The van der Waals surface area contributed by atoms with Gasteiger partial charge in [0, 0.05) is 11.5 Å². The Hall–Kier alpha value is -0.350. The first kappa shape index (κ1) is 16.0. The second kappa shape index (κ2) is 6.18. The molecule has 1 aliphatic carbocycles. The van der Waals surface area contributed by atoms with Crippen LogP contribution in [0.15, 0.2) is 10.7 Å². The molecular formula is C16H27BrN2O. The smallest absolute Gasteiger partial charge is 0.102 e. The third kappa shape index (κ3) is 2.96. The maximum absolute atomic E-state index is 11.1. The Morgan fingerprint density at radius 3 is 2.40 bits per heavy atom. The highest BCUT2D eigenvalue weighted by molar-refractivity contribution is 9.10. The van der Waals surface area contributed by atoms with Crippen molar-refractivity contribution in [3.05, 3.63) is 16.4 Å². The van der Waals surface area contributed by atoms with Crippen molar-refractivity contribution in [2.75, 3.05) is 0 Å². The van der Waals surface area contributed by atoms with Gasteiger partial charge in [0.05, 0.1) is 16.4 Å². The minimum absolute atomic E-state index is 0.0311. The lowest BCUT2D eigenvalue weighted by Gasteiger charge is -2.36. The maximum atomic E-state index is 11.1. The van der Waals surface area contributed by atoms with E-state index in [0.717, 1.165) is 29.4 Å². The Balaban J connectivity index is 2.37. The van der Waals surface area contributed by atoms with Gasteiger partial charge in [-0.2, -0.15) is 5.10 Å². The highest BCUT2D eigenvalue weighted by atomic mass is 79.9. The van der Waals surface area contributed by atoms with Crippen LogP contribution in [-0.2, 0) is 0 Å². The Morgan fingerprint density at radius 1 is 1.30 bits per heavy atom. The molecule has 1 aromatic heterocycles. The molecule has 0 saturated heterocycles. The minimum Gasteiger partial charge on any atom is -0.386 e. The SMILES string of the molecule is CC(C)CC1(C(O)c2c(Br)cnn2C(C)C)CCCC1. The lowest BCUT2D eigenvalue weighted by molar-refractivity contribution is 0.00373. The summed E-state index contributed by atoms with van der Waals surface area (Å²) >= 11 is 3.58. The molecule has 114 valence electrons. The molecule has 1 saturated carbocycles. The number of hydrogen-bond donors (Lipinski definition) is 1. The van der Waals surface area contributed by atoms with Gasteiger partial charge < -0.3 is 5.11 Å². The monoisotopic (exact) mass is 342 g/mol. The molecule has 0 aliphatic heterocycles. The minimum atomic E-state index is -0.424. The molecule has 1 N–H and O–H groups in total. The van der Waals surface area contributed by atoms with Crippen LogP contribution in [0.25, 0.3) is 0 Å². The predicted molar refractivity (Wildman–Crippen MR) is 85.6 cm³/mol. The van der Waals surface area contributed by atoms with E-state index >= 15 is 0 Å². The maximum Gasteiger partial charge on any atom is 0.102 e. The zero-order valence-corrected chi connectivity index (χ0v) is 14.7. The third-order valence-electron chi connectivity index (χ3n) is 4.53. The van der Waals surface area contributed by atoms with Crippen LogP contribution in [0, 0.1) is 11.3 Å². The standard InChI is InChI=1S/C16H27BrN2O/c1-11(2)9-16(7-5-6-8-16)15(20)14-13(17)10-18-19(14)12(3)4/h10-12,15,20H,5-9H2,1-4H3. The van der Waals surface area contributed by atoms with E-state index in [1.165, 1.54) is 12.8 Å². The van der Waals surface area contributed by atoms with Crippen LogP contribution >= 0.6 is 15.9 Å². The summed E-state index contributed by atoms with van der Waals surface area (Å²) in [5.41, 5.74) is 0.992. The first-order valence-corrected chi connectivity index (χ1v) is 8.57. The second-order valence-corrected chi connectivity index (χ2v) is 7.84. The van der Waals surface area contributed by atoms with Gasteiger partial charge in [0.1, 0.15) is 6.10 Å². The van der Waals surface area contributed by atoms with Crippen molar-refractivity contribution < 1.29 is 5.11 Å². The Labute approximate surface area is 130 Å². The van der Waals surface area contributed by atoms with Crippen molar-refractivity contribution in [3.63, 3.8) is 0 Å². The van der Waals surface area contributed by atoms with Crippen molar-refractivity contribution in [1.82, 2.24) is 9.78 Å². The molecular weight excluding hydrogens is 316 g/mol. The molecule has 0 amide bonds. The molecule has 1 aromatic rings. The van der Waals surface area contributed by atoms with Gasteiger partial charge in [-0.25, -0.2) is 0 Å². The lowest BCUT2D eigenvalue weighted by Crippen LogP contribution is -2.30. The molecule has 1 aliphatic rings. The van der Waals surface area contributed by atoms with Gasteiger partial charge in [0.25, 0.3) is 0 Å². The summed E-state index contributed by atoms with van der Waals surface area (Å²) < 4.78 is 2.91. The first-order valence-electron chi connectivity index (χ1n) is 7.78. The predicted octanol–water partition coefficient (Wildman–Crippen LogP) is 4.87. The normalized spacial score (nSPS) is 20.0. The number of aliphatic hydroxyl groups excluding tert-OH is 1. The average Bonchev–Trinajstić information content (AvgIpc) is 2.95. The van der Waals surface area contributed by atoms with E-state index < -0.39 is 6.10 Å². The fraction of sp³-hybridized carbons (Fsp3) is 0.812. The molecule has 1 unspecified atom stereocenters. The molecule has 1 fully saturated rings. The highest BCUT2D eigenvalue weighted by Crippen LogP contribution is 2.52. The van der Waals surface area contributed by atoms with E-state index in [-0.39, 0.29) is 11.5 Å². The van der Waals surface area contributed by atoms with E-state index in [9.17, 15) is 5.11 Å². The summed E-state index contributed by atoms with van der Waals surface area (Å²) in [6, 6.07) is 0.267. The van der Waals surface area contributed by atoms with Crippen LogP contribution in [0.3, 0.4) is 0 Å². The summed E-state index contributed by atoms with van der Waals surface area (Å²) in [6.07, 6.45) is 7.20. The summed E-state index contributed by atoms with van der Waals surface area (Å²) in [5, 5.41) is 15.6. The molecule has 0 aromatic carbocycles. The second-order valence-electron chi connectivity index (χ2n) is 6.99. The third-order valence-corrected chi connectivity index (χ3v) is 5.14. The van der Waals surface area contributed by atoms with Crippen LogP contribution < -0.4 is 0 Å². The molecule has 0 spiro atoms. The van der Waals surface area contributed by atoms with Gasteiger partial charge in [-0.1, -0.05) is 26.7 Å². The molecule has 2 rings (SSSR count). The summed E-state index contributed by atoms with van der Waals surface area (Å²) in [7, 11) is 0. The van der Waals surface area contributed by atoms with E-state index in [4.69, 9.17) is 0 Å². The number of rotatable bonds is 5. The number of aliphatic hydroxyl groups is 1. The van der Waals surface area contributed by atoms with Crippen LogP contribution in [0.4, 0.5) is 0 Å². The fourth-order valence-corrected chi connectivity index (χ4v) is 4.28. The molecule has 4 heteroatoms. The van der Waals surface area contributed by atoms with E-state index in [2.05, 4.69) is 48.7 Å². The number of nitrogens with zero attached hydrogens (tertiary/aromatic N) is 2. The molecule has 0 radical (unpaired) electrons. The van der Waals surface area contributed by atoms with Crippen molar-refractivity contribution >= 4 is 15.9 Å². The van der Waals surface area contributed by atoms with Gasteiger partial charge in [-0.15, -0.1) is 0 Å². The van der Waals surface area contributed by atoms with Crippen LogP contribution in [-0.4, -0.2) is 14.9 Å². The Morgan fingerprint density at radius 2 is 1.90 bits per heavy atom. The van der Waals surface area contributed by atoms with Crippen LogP contribution in [0.1, 0.15) is 77.6 Å². The topological polar surface area (TPSA) is 38.1 Å². The zero-order chi connectivity index (χ0) is 14.9. The van der Waals surface area contributed by atoms with Gasteiger partial charge in [-0.05, 0) is 55.0 Å². The summed E-state index contributed by atoms with van der Waals surface area (Å²) in [4.78, 5) is 0. The number of halogens is 1. The first-order chi connectivity index (χ1) is 9.37. The quantitative estimate of drug-likeness (QED) is 0.828. The fourth-order valence-electron chi connectivity index (χ4n) is 3.79. The molecule has 3 nitrogen and oxygen atoms in total. The van der Waals surface area contributed by atoms with Gasteiger partial charge in [0.15, 0.2) is 0 Å². The van der Waals surface area contributed by atoms with Crippen molar-refractivity contribution in [3.8, 4) is 0 Å². The highest BCUT2D eigenvalue weighted by Gasteiger charge is 2.43. The number of hydrogen-bond acceptors (Lipinski definition) is 2. The zero-order valence-electron chi connectivity index (χ0n) is 13.1. The molecule has 0 bridgehead atoms. The largest absolute Gasteiger partial charge is 0.386 e. The summed E-state index contributed by atoms with van der Waals surface area (Å²) in [5.74, 6) is 0.608. The van der Waals surface area contributed by atoms with Gasteiger partial charge in [0.2, 0.25) is 0 Å². The van der Waals surface area contributed by atoms with Gasteiger partial charge in [-0.3, -0.25) is 4.68 Å². The number of aromatic nitrogens is 2. The Bertz CT molecular complexity index is 447. The van der Waals surface area contributed by atoms with E-state index in [1.807, 2.05) is 10.9 Å². The average molecular weight is 343 g/mol. The van der Waals surface area contributed by atoms with E-state index in [0.29, 0.717) is 5.92 Å².